The fourth-order valence-electron chi connectivity index (χ4n) is 1.43. The predicted molar refractivity (Wildman–Crippen MR) is 61.1 cm³/mol. The summed E-state index contributed by atoms with van der Waals surface area (Å²) in [6.45, 7) is 3.95. The molecule has 0 aromatic carbocycles. The first-order chi connectivity index (χ1) is 7.25. The number of anilines is 1. The number of nitrogens with zero attached hydrogens (tertiary/aromatic N) is 3. The van der Waals surface area contributed by atoms with E-state index in [2.05, 4.69) is 20.4 Å². The number of rotatable bonds is 5. The molecule has 0 aliphatic heterocycles. The van der Waals surface area contributed by atoms with Gasteiger partial charge in [0.25, 0.3) is 0 Å². The zero-order valence-electron chi connectivity index (χ0n) is 9.40. The van der Waals surface area contributed by atoms with Crippen LogP contribution in [0, 0.1) is 6.92 Å². The second-order valence-electron chi connectivity index (χ2n) is 4.18. The van der Waals surface area contributed by atoms with Gasteiger partial charge in [-0.1, -0.05) is 0 Å². The highest BCUT2D eigenvalue weighted by atomic mass is 15.2. The van der Waals surface area contributed by atoms with Gasteiger partial charge in [0.2, 0.25) is 0 Å². The van der Waals surface area contributed by atoms with E-state index in [0.29, 0.717) is 0 Å². The molecule has 4 heteroatoms. The summed E-state index contributed by atoms with van der Waals surface area (Å²) in [4.78, 5) is 2.13. The summed E-state index contributed by atoms with van der Waals surface area (Å²) in [6, 6.07) is 4.79. The summed E-state index contributed by atoms with van der Waals surface area (Å²) in [5.41, 5.74) is 0.961. The van der Waals surface area contributed by atoms with E-state index in [0.717, 1.165) is 30.6 Å². The molecule has 4 nitrogen and oxygen atoms in total. The fourth-order valence-corrected chi connectivity index (χ4v) is 1.43. The van der Waals surface area contributed by atoms with Crippen molar-refractivity contribution in [2.75, 3.05) is 25.0 Å². The molecule has 1 aliphatic rings. The molecule has 0 unspecified atom stereocenters. The maximum atomic E-state index is 4.14. The number of nitrogens with one attached hydrogen (secondary N) is 1. The average Bonchev–Trinajstić information content (AvgIpc) is 3.02. The van der Waals surface area contributed by atoms with Crippen LogP contribution in [0.15, 0.2) is 12.1 Å². The highest BCUT2D eigenvalue weighted by Crippen LogP contribution is 2.18. The minimum Gasteiger partial charge on any atom is -0.357 e. The Hall–Kier alpha value is -1.16. The Bertz CT molecular complexity index is 305. The molecule has 1 aliphatic carbocycles. The van der Waals surface area contributed by atoms with Gasteiger partial charge in [-0.15, -0.1) is 5.10 Å². The SMILES string of the molecule is Cc1ccc(N(C)CCNC2CC2)nn1. The van der Waals surface area contributed by atoms with E-state index < -0.39 is 0 Å². The molecule has 0 spiro atoms. The van der Waals surface area contributed by atoms with Gasteiger partial charge >= 0.3 is 0 Å². The zero-order valence-corrected chi connectivity index (χ0v) is 9.40. The lowest BCUT2D eigenvalue weighted by atomic mass is 10.4. The molecule has 0 atom stereocenters. The van der Waals surface area contributed by atoms with Crippen molar-refractivity contribution in [3.05, 3.63) is 17.8 Å². The van der Waals surface area contributed by atoms with Gasteiger partial charge in [-0.25, -0.2) is 0 Å². The average molecular weight is 206 g/mol. The molecule has 0 saturated heterocycles. The van der Waals surface area contributed by atoms with Crippen LogP contribution in [-0.4, -0.2) is 36.4 Å². The maximum Gasteiger partial charge on any atom is 0.151 e. The molecular formula is C11H18N4. The van der Waals surface area contributed by atoms with E-state index >= 15 is 0 Å². The molecule has 0 bridgehead atoms. The van der Waals surface area contributed by atoms with Gasteiger partial charge in [0.05, 0.1) is 5.69 Å². The summed E-state index contributed by atoms with van der Waals surface area (Å²) in [5.74, 6) is 0.943. The monoisotopic (exact) mass is 206 g/mol. The first-order valence-corrected chi connectivity index (χ1v) is 5.50. The molecule has 1 heterocycles. The summed E-state index contributed by atoms with van der Waals surface area (Å²) >= 11 is 0. The molecular weight excluding hydrogens is 188 g/mol. The van der Waals surface area contributed by atoms with Crippen LogP contribution in [-0.2, 0) is 0 Å². The van der Waals surface area contributed by atoms with E-state index in [1.54, 1.807) is 0 Å². The molecule has 2 rings (SSSR count). The first kappa shape index (κ1) is 10.4. The molecule has 15 heavy (non-hydrogen) atoms. The Kier molecular flexibility index (Phi) is 3.16. The van der Waals surface area contributed by atoms with Crippen LogP contribution in [0.25, 0.3) is 0 Å². The van der Waals surface area contributed by atoms with Crippen molar-refractivity contribution < 1.29 is 0 Å². The quantitative estimate of drug-likeness (QED) is 0.779. The maximum absolute atomic E-state index is 4.14. The van der Waals surface area contributed by atoms with E-state index in [1.165, 1.54) is 12.8 Å². The smallest absolute Gasteiger partial charge is 0.151 e. The second-order valence-corrected chi connectivity index (χ2v) is 4.18. The second kappa shape index (κ2) is 4.57. The van der Waals surface area contributed by atoms with Gasteiger partial charge in [0.1, 0.15) is 0 Å². The van der Waals surface area contributed by atoms with Crippen LogP contribution in [0.1, 0.15) is 18.5 Å². The van der Waals surface area contributed by atoms with Gasteiger partial charge in [-0.3, -0.25) is 0 Å². The van der Waals surface area contributed by atoms with Crippen molar-refractivity contribution in [2.45, 2.75) is 25.8 Å². The Labute approximate surface area is 90.7 Å². The number of hydrogen-bond donors (Lipinski definition) is 1. The summed E-state index contributed by atoms with van der Waals surface area (Å²) in [5, 5.41) is 11.7. The van der Waals surface area contributed by atoms with Crippen LogP contribution in [0.4, 0.5) is 5.82 Å². The van der Waals surface area contributed by atoms with E-state index in [1.807, 2.05) is 26.1 Å². The predicted octanol–water partition coefficient (Wildman–Crippen LogP) is 0.973. The lowest BCUT2D eigenvalue weighted by Gasteiger charge is -2.17. The van der Waals surface area contributed by atoms with Gasteiger partial charge in [0.15, 0.2) is 5.82 Å². The zero-order chi connectivity index (χ0) is 10.7. The Morgan fingerprint density at radius 1 is 1.40 bits per heavy atom. The third-order valence-electron chi connectivity index (χ3n) is 2.63. The molecule has 1 aromatic rings. The van der Waals surface area contributed by atoms with Gasteiger partial charge in [-0.05, 0) is 31.9 Å². The third kappa shape index (κ3) is 3.16. The van der Waals surface area contributed by atoms with Crippen LogP contribution >= 0.6 is 0 Å². The number of aromatic nitrogens is 2. The molecule has 82 valence electrons. The van der Waals surface area contributed by atoms with Crippen molar-refractivity contribution >= 4 is 5.82 Å². The van der Waals surface area contributed by atoms with Crippen molar-refractivity contribution in [1.29, 1.82) is 0 Å². The molecule has 0 amide bonds. The van der Waals surface area contributed by atoms with E-state index in [9.17, 15) is 0 Å². The number of likely N-dealkylation sites (N-methyl/N-ethyl adjacent to an activating group) is 1. The fraction of sp³-hybridized carbons (Fsp3) is 0.636. The third-order valence-corrected chi connectivity index (χ3v) is 2.63. The van der Waals surface area contributed by atoms with Crippen molar-refractivity contribution in [3.8, 4) is 0 Å². The number of hydrogen-bond acceptors (Lipinski definition) is 4. The summed E-state index contributed by atoms with van der Waals surface area (Å²) < 4.78 is 0. The molecule has 1 aromatic heterocycles. The van der Waals surface area contributed by atoms with Crippen LogP contribution < -0.4 is 10.2 Å². The van der Waals surface area contributed by atoms with Gasteiger partial charge in [0, 0.05) is 26.2 Å². The van der Waals surface area contributed by atoms with Crippen molar-refractivity contribution in [3.63, 3.8) is 0 Å². The largest absolute Gasteiger partial charge is 0.357 e. The molecule has 1 saturated carbocycles. The Morgan fingerprint density at radius 2 is 2.20 bits per heavy atom. The molecule has 1 N–H and O–H groups in total. The van der Waals surface area contributed by atoms with Gasteiger partial charge in [-0.2, -0.15) is 5.10 Å². The van der Waals surface area contributed by atoms with Crippen LogP contribution in [0.2, 0.25) is 0 Å². The first-order valence-electron chi connectivity index (χ1n) is 5.50. The number of aryl methyl sites for hydroxylation is 1. The van der Waals surface area contributed by atoms with Crippen LogP contribution in [0.3, 0.4) is 0 Å². The van der Waals surface area contributed by atoms with Gasteiger partial charge < -0.3 is 10.2 Å². The Morgan fingerprint density at radius 3 is 2.80 bits per heavy atom. The minimum atomic E-state index is 0.780. The summed E-state index contributed by atoms with van der Waals surface area (Å²) in [6.07, 6.45) is 2.68. The van der Waals surface area contributed by atoms with Crippen LogP contribution in [0.5, 0.6) is 0 Å². The minimum absolute atomic E-state index is 0.780. The highest BCUT2D eigenvalue weighted by molar-refractivity contribution is 5.35. The highest BCUT2D eigenvalue weighted by Gasteiger charge is 2.19. The topological polar surface area (TPSA) is 41.0 Å². The van der Waals surface area contributed by atoms with E-state index in [4.69, 9.17) is 0 Å². The molecule has 0 radical (unpaired) electrons. The lowest BCUT2D eigenvalue weighted by Crippen LogP contribution is -2.30. The molecule has 1 fully saturated rings. The lowest BCUT2D eigenvalue weighted by molar-refractivity contribution is 0.670. The van der Waals surface area contributed by atoms with E-state index in [-0.39, 0.29) is 0 Å². The normalized spacial score (nSPS) is 15.3. The van der Waals surface area contributed by atoms with Crippen molar-refractivity contribution in [1.82, 2.24) is 15.5 Å². The van der Waals surface area contributed by atoms with Crippen molar-refractivity contribution in [2.24, 2.45) is 0 Å². The Balaban J connectivity index is 1.78. The standard InChI is InChI=1S/C11H18N4/c1-9-3-6-11(14-13-9)15(2)8-7-12-10-4-5-10/h3,6,10,12H,4-5,7-8H2,1-2H3. The summed E-state index contributed by atoms with van der Waals surface area (Å²) in [7, 11) is 2.05.